The third kappa shape index (κ3) is 8.28. The third-order valence-electron chi connectivity index (χ3n) is 13.6. The Balaban J connectivity index is 1.17. The van der Waals surface area contributed by atoms with Gasteiger partial charge < -0.3 is 34.1 Å². The zero-order valence-electron chi connectivity index (χ0n) is 39.1. The summed E-state index contributed by atoms with van der Waals surface area (Å²) in [5, 5.41) is 6.16. The number of thiazole rings is 1. The van der Waals surface area contributed by atoms with E-state index in [4.69, 9.17) is 19.4 Å². The SMILES string of the molecule is CC#CC(=O)N1CC(N(C)C(=O)N(C)[C@H](C(=O)N[C@@]2([Si])Cc3nc(cs3)-c3ccc4c(c3)c3c(n4CC)-c4cccnc4[C@@H](OC)C3C(C)(C)COC(=O)[C@@H]3CCCN(N3)C2=O)C(C)C)C1. The highest BCUT2D eigenvalue weighted by atomic mass is 32.1. The molecule has 2 saturated heterocycles. The molecule has 5 amide bonds. The number of urea groups is 1. The van der Waals surface area contributed by atoms with Crippen LogP contribution in [0.2, 0.25) is 0 Å². The van der Waals surface area contributed by atoms with Crippen LogP contribution in [0.15, 0.2) is 41.9 Å². The van der Waals surface area contributed by atoms with Crippen LogP contribution in [-0.4, -0.2) is 145 Å². The van der Waals surface area contributed by atoms with Crippen molar-refractivity contribution in [3.05, 3.63) is 58.2 Å². The number of likely N-dealkylation sites (N-methyl/N-ethyl adjacent to an activating group) is 2. The maximum Gasteiger partial charge on any atom is 0.324 e. The van der Waals surface area contributed by atoms with Crippen molar-refractivity contribution in [2.24, 2.45) is 11.3 Å². The number of rotatable bonds is 7. The maximum absolute atomic E-state index is 14.9. The molecule has 0 saturated carbocycles. The summed E-state index contributed by atoms with van der Waals surface area (Å²) in [6.45, 7) is 13.2. The molecular formula is C48H58N9O7SSi. The molecule has 4 aliphatic rings. The number of fused-ring (bicyclic) bond motifs is 8. The van der Waals surface area contributed by atoms with Crippen LogP contribution in [0.3, 0.4) is 0 Å². The van der Waals surface area contributed by atoms with Gasteiger partial charge in [0.15, 0.2) is 0 Å². The summed E-state index contributed by atoms with van der Waals surface area (Å²) in [5.74, 6) is 2.59. The molecule has 2 fully saturated rings. The van der Waals surface area contributed by atoms with Gasteiger partial charge in [0.05, 0.1) is 45.0 Å². The second kappa shape index (κ2) is 18.2. The molecule has 0 spiro atoms. The van der Waals surface area contributed by atoms with Crippen molar-refractivity contribution < 1.29 is 33.4 Å². The maximum atomic E-state index is 14.9. The number of ether oxygens (including phenoxy) is 2. The van der Waals surface area contributed by atoms with Crippen molar-refractivity contribution >= 4 is 62.2 Å². The molecule has 4 aromatic rings. The number of nitrogens with one attached hydrogen (secondary N) is 2. The molecule has 3 radical (unpaired) electrons. The molecule has 2 N–H and O–H groups in total. The fourth-order valence-electron chi connectivity index (χ4n) is 10.2. The fourth-order valence-corrected chi connectivity index (χ4v) is 11.6. The first-order chi connectivity index (χ1) is 31.4. The van der Waals surface area contributed by atoms with E-state index in [0.29, 0.717) is 43.2 Å². The summed E-state index contributed by atoms with van der Waals surface area (Å²) in [7, 11) is 8.71. The first-order valence-electron chi connectivity index (χ1n) is 22.5. The predicted molar refractivity (Wildman–Crippen MR) is 251 cm³/mol. The Morgan fingerprint density at radius 2 is 1.92 bits per heavy atom. The first-order valence-corrected chi connectivity index (χ1v) is 23.9. The quantitative estimate of drug-likeness (QED) is 0.153. The van der Waals surface area contributed by atoms with E-state index < -0.39 is 52.6 Å². The highest BCUT2D eigenvalue weighted by Crippen LogP contribution is 2.57. The van der Waals surface area contributed by atoms with Crippen LogP contribution in [0.1, 0.15) is 82.7 Å². The van der Waals surface area contributed by atoms with Gasteiger partial charge in [0.25, 0.3) is 11.8 Å². The van der Waals surface area contributed by atoms with Crippen LogP contribution in [0.4, 0.5) is 4.79 Å². The van der Waals surface area contributed by atoms with Crippen molar-refractivity contribution in [3.63, 3.8) is 0 Å². The molecule has 6 bridgehead atoms. The molecule has 3 aromatic heterocycles. The molecule has 1 aromatic carbocycles. The zero-order chi connectivity index (χ0) is 47.4. The number of cyclic esters (lactones) is 1. The van der Waals surface area contributed by atoms with Crippen molar-refractivity contribution in [2.75, 3.05) is 47.4 Å². The minimum absolute atomic E-state index is 0.0544. The number of amides is 5. The van der Waals surface area contributed by atoms with Gasteiger partial charge in [-0.2, -0.15) is 0 Å². The Bertz CT molecular complexity index is 2650. The Morgan fingerprint density at radius 3 is 2.62 bits per heavy atom. The Hall–Kier alpha value is -5.61. The van der Waals surface area contributed by atoms with Crippen LogP contribution in [0.5, 0.6) is 0 Å². The largest absolute Gasteiger partial charge is 0.464 e. The standard InChI is InChI=1S/C48H58N9O7SSi/c1-10-14-36(58)55-23-29(24-55)53(7)46(62)54(8)40(27(3)4)43(59)51-48(66)22-35-50-33(25-65-35)28-17-18-34-31(21-28)37-38(42(63-9)39-30(15-12-19-49-39)41(37)56(34)11-2)47(5,6)26-64-44(60)32-16-13-20-57(52-32)45(48)61/h12,15,17-19,21,25,27,29,32,38,40,42,52H,11,13,16,20,22-24,26H2,1-9H3,(H,51,59)/t32-,38?,40-,42-,48+/m0/s1. The average Bonchev–Trinajstić information content (AvgIpc) is 3.88. The molecule has 6 heterocycles. The molecule has 8 rings (SSSR count). The monoisotopic (exact) mass is 932 g/mol. The summed E-state index contributed by atoms with van der Waals surface area (Å²) in [6.07, 6.45) is 2.21. The number of esters is 1. The van der Waals surface area contributed by atoms with Crippen LogP contribution >= 0.6 is 11.3 Å². The normalized spacial score (nSPS) is 23.2. The molecule has 5 atom stereocenters. The van der Waals surface area contributed by atoms with Gasteiger partial charge in [-0.05, 0) is 68.4 Å². The van der Waals surface area contributed by atoms with Crippen molar-refractivity contribution in [1.29, 1.82) is 0 Å². The lowest BCUT2D eigenvalue weighted by Gasteiger charge is -2.45. The summed E-state index contributed by atoms with van der Waals surface area (Å²) in [4.78, 5) is 84.4. The minimum Gasteiger partial charge on any atom is -0.464 e. The number of pyridine rings is 1. The van der Waals surface area contributed by atoms with E-state index in [-0.39, 0.29) is 43.4 Å². The average molecular weight is 933 g/mol. The van der Waals surface area contributed by atoms with Crippen LogP contribution in [0, 0.1) is 23.2 Å². The number of benzene rings is 1. The first kappa shape index (κ1) is 46.9. The minimum atomic E-state index is -1.76. The van der Waals surface area contributed by atoms with Gasteiger partial charge in [0.1, 0.15) is 23.3 Å². The van der Waals surface area contributed by atoms with Crippen molar-refractivity contribution in [3.8, 4) is 34.4 Å². The van der Waals surface area contributed by atoms with Gasteiger partial charge in [0, 0.05) is 98.7 Å². The summed E-state index contributed by atoms with van der Waals surface area (Å²) in [5.41, 5.74) is 9.07. The number of aromatic nitrogens is 3. The number of hydrogen-bond acceptors (Lipinski definition) is 11. The van der Waals surface area contributed by atoms with Crippen LogP contribution < -0.4 is 10.7 Å². The zero-order valence-corrected chi connectivity index (χ0v) is 40.9. The Morgan fingerprint density at radius 1 is 1.17 bits per heavy atom. The molecule has 18 heteroatoms. The molecule has 3 aliphatic heterocycles. The number of hydrazine groups is 1. The lowest BCUT2D eigenvalue weighted by Crippen LogP contribution is -2.69. The van der Waals surface area contributed by atoms with E-state index >= 15 is 0 Å². The van der Waals surface area contributed by atoms with Gasteiger partial charge in [-0.1, -0.05) is 39.7 Å². The van der Waals surface area contributed by atoms with Crippen molar-refractivity contribution in [2.45, 2.75) is 103 Å². The number of hydrogen-bond donors (Lipinski definition) is 2. The van der Waals surface area contributed by atoms with Gasteiger partial charge in [0.2, 0.25) is 5.91 Å². The molecule has 1 aliphatic carbocycles. The van der Waals surface area contributed by atoms with Crippen molar-refractivity contribution in [1.82, 2.24) is 45.0 Å². The summed E-state index contributed by atoms with van der Waals surface area (Å²) < 4.78 is 14.9. The molecular weight excluding hydrogens is 875 g/mol. The number of aryl methyl sites for hydroxylation is 1. The van der Waals surface area contributed by atoms with E-state index in [1.165, 1.54) is 26.1 Å². The van der Waals surface area contributed by atoms with E-state index in [9.17, 15) is 24.0 Å². The fraction of sp³-hybridized carbons (Fsp3) is 0.521. The molecule has 66 heavy (non-hydrogen) atoms. The van der Waals surface area contributed by atoms with Gasteiger partial charge >= 0.3 is 12.0 Å². The van der Waals surface area contributed by atoms with Gasteiger partial charge in [-0.25, -0.2) is 15.2 Å². The van der Waals surface area contributed by atoms with Crippen LogP contribution in [0.25, 0.3) is 33.4 Å². The third-order valence-corrected chi connectivity index (χ3v) is 15.0. The Kier molecular flexibility index (Phi) is 13.0. The van der Waals surface area contributed by atoms with E-state index in [1.807, 2.05) is 25.3 Å². The van der Waals surface area contributed by atoms with E-state index in [1.54, 1.807) is 39.2 Å². The highest BCUT2D eigenvalue weighted by molar-refractivity contribution is 7.10. The number of nitrogens with zero attached hydrogens (tertiary/aromatic N) is 7. The lowest BCUT2D eigenvalue weighted by atomic mass is 9.67. The lowest BCUT2D eigenvalue weighted by molar-refractivity contribution is -0.157. The van der Waals surface area contributed by atoms with E-state index in [2.05, 4.69) is 82.4 Å². The number of likely N-dealkylation sites (tertiary alicyclic amines) is 1. The molecule has 347 valence electrons. The molecule has 1 unspecified atom stereocenters. The van der Waals surface area contributed by atoms with Gasteiger partial charge in [-0.3, -0.25) is 29.2 Å². The summed E-state index contributed by atoms with van der Waals surface area (Å²) >= 11 is 1.37. The molecule has 16 nitrogen and oxygen atoms in total. The smallest absolute Gasteiger partial charge is 0.324 e. The number of carbonyl (C=O) groups excluding carboxylic acids is 5. The van der Waals surface area contributed by atoms with Gasteiger partial charge in [-0.15, -0.1) is 11.3 Å². The highest BCUT2D eigenvalue weighted by Gasteiger charge is 2.49. The Labute approximate surface area is 393 Å². The van der Waals surface area contributed by atoms with Crippen LogP contribution in [-0.2, 0) is 41.6 Å². The second-order valence-corrected chi connectivity index (χ2v) is 20.6. The number of methoxy groups -OCH3 is 1. The topological polar surface area (TPSA) is 172 Å². The summed E-state index contributed by atoms with van der Waals surface area (Å²) in [6, 6.07) is 7.86. The predicted octanol–water partition coefficient (Wildman–Crippen LogP) is 4.48. The second-order valence-electron chi connectivity index (χ2n) is 18.8. The number of carbonyl (C=O) groups is 5. The van der Waals surface area contributed by atoms with E-state index in [0.717, 1.165) is 39.0 Å².